The van der Waals surface area contributed by atoms with Crippen molar-refractivity contribution in [2.24, 2.45) is 0 Å². The van der Waals surface area contributed by atoms with Gasteiger partial charge in [-0.1, -0.05) is 0 Å². The molecule has 2 heterocycles. The molecule has 88 valence electrons. The van der Waals surface area contributed by atoms with E-state index in [1.54, 1.807) is 7.11 Å². The standard InChI is InChI=1S/C12H19N3O/c1-12(2,3)15-6-8-5-9(13)11(16-4)14-10(8)7-15/h5H,6-7,13H2,1-4H3. The minimum atomic E-state index is 0.155. The zero-order valence-electron chi connectivity index (χ0n) is 10.4. The van der Waals surface area contributed by atoms with Gasteiger partial charge in [0.1, 0.15) is 0 Å². The predicted molar refractivity (Wildman–Crippen MR) is 64.2 cm³/mol. The lowest BCUT2D eigenvalue weighted by Crippen LogP contribution is -2.36. The van der Waals surface area contributed by atoms with Crippen LogP contribution in [-0.2, 0) is 13.1 Å². The second-order valence-corrected chi connectivity index (χ2v) is 5.22. The number of aromatic nitrogens is 1. The number of nitrogens with zero attached hydrogens (tertiary/aromatic N) is 2. The van der Waals surface area contributed by atoms with Crippen molar-refractivity contribution in [2.75, 3.05) is 12.8 Å². The van der Waals surface area contributed by atoms with Gasteiger partial charge in [0.2, 0.25) is 5.88 Å². The predicted octanol–water partition coefficient (Wildman–Crippen LogP) is 1.79. The Labute approximate surface area is 96.4 Å². The summed E-state index contributed by atoms with van der Waals surface area (Å²) in [5, 5.41) is 0. The molecule has 0 amide bonds. The normalized spacial score (nSPS) is 16.2. The number of hydrogen-bond acceptors (Lipinski definition) is 4. The summed E-state index contributed by atoms with van der Waals surface area (Å²) in [5.74, 6) is 0.537. The number of ether oxygens (including phenoxy) is 1. The highest BCUT2D eigenvalue weighted by molar-refractivity contribution is 5.52. The lowest BCUT2D eigenvalue weighted by Gasteiger charge is -2.30. The number of pyridine rings is 1. The second kappa shape index (κ2) is 3.63. The maximum atomic E-state index is 5.85. The molecule has 0 spiro atoms. The fourth-order valence-electron chi connectivity index (χ4n) is 1.95. The summed E-state index contributed by atoms with van der Waals surface area (Å²) in [5.41, 5.74) is 8.93. The quantitative estimate of drug-likeness (QED) is 0.785. The van der Waals surface area contributed by atoms with Crippen molar-refractivity contribution >= 4 is 5.69 Å². The Morgan fingerprint density at radius 1 is 1.38 bits per heavy atom. The van der Waals surface area contributed by atoms with Gasteiger partial charge in [-0.2, -0.15) is 0 Å². The second-order valence-electron chi connectivity index (χ2n) is 5.22. The number of nitrogens with two attached hydrogens (primary N) is 1. The zero-order chi connectivity index (χ0) is 11.9. The summed E-state index contributed by atoms with van der Waals surface area (Å²) in [7, 11) is 1.60. The molecular weight excluding hydrogens is 202 g/mol. The van der Waals surface area contributed by atoms with Crippen LogP contribution in [0.2, 0.25) is 0 Å². The van der Waals surface area contributed by atoms with Crippen molar-refractivity contribution in [3.8, 4) is 5.88 Å². The molecule has 1 aromatic heterocycles. The maximum Gasteiger partial charge on any atom is 0.237 e. The monoisotopic (exact) mass is 221 g/mol. The number of nitrogen functional groups attached to an aromatic ring is 1. The Hall–Kier alpha value is -1.29. The highest BCUT2D eigenvalue weighted by atomic mass is 16.5. The molecule has 2 N–H and O–H groups in total. The van der Waals surface area contributed by atoms with Crippen LogP contribution in [0.15, 0.2) is 6.07 Å². The molecule has 1 aliphatic heterocycles. The minimum absolute atomic E-state index is 0.155. The summed E-state index contributed by atoms with van der Waals surface area (Å²) in [6, 6.07) is 1.98. The Kier molecular flexibility index (Phi) is 2.54. The van der Waals surface area contributed by atoms with Crippen LogP contribution in [-0.4, -0.2) is 22.5 Å². The van der Waals surface area contributed by atoms with Gasteiger partial charge < -0.3 is 10.5 Å². The average molecular weight is 221 g/mol. The fraction of sp³-hybridized carbons (Fsp3) is 0.583. The molecule has 0 saturated heterocycles. The van der Waals surface area contributed by atoms with Crippen LogP contribution in [0.4, 0.5) is 5.69 Å². The highest BCUT2D eigenvalue weighted by Gasteiger charge is 2.29. The molecule has 0 bridgehead atoms. The molecule has 4 heteroatoms. The molecule has 16 heavy (non-hydrogen) atoms. The molecule has 0 unspecified atom stereocenters. The molecule has 2 rings (SSSR count). The maximum absolute atomic E-state index is 5.85. The molecular formula is C12H19N3O. The number of hydrogen-bond donors (Lipinski definition) is 1. The first-order valence-electron chi connectivity index (χ1n) is 5.49. The van der Waals surface area contributed by atoms with Gasteiger partial charge in [-0.3, -0.25) is 4.90 Å². The fourth-order valence-corrected chi connectivity index (χ4v) is 1.95. The third kappa shape index (κ3) is 1.85. The van der Waals surface area contributed by atoms with E-state index in [1.807, 2.05) is 6.07 Å². The van der Waals surface area contributed by atoms with Gasteiger partial charge in [-0.25, -0.2) is 4.98 Å². The summed E-state index contributed by atoms with van der Waals surface area (Å²) in [4.78, 5) is 6.82. The van der Waals surface area contributed by atoms with Crippen molar-refractivity contribution in [3.63, 3.8) is 0 Å². The smallest absolute Gasteiger partial charge is 0.237 e. The van der Waals surface area contributed by atoms with E-state index in [1.165, 1.54) is 5.56 Å². The summed E-state index contributed by atoms with van der Waals surface area (Å²) in [6.45, 7) is 8.41. The van der Waals surface area contributed by atoms with Gasteiger partial charge in [0, 0.05) is 18.6 Å². The van der Waals surface area contributed by atoms with Crippen molar-refractivity contribution in [1.29, 1.82) is 0 Å². The van der Waals surface area contributed by atoms with Crippen LogP contribution in [0.1, 0.15) is 32.0 Å². The first kappa shape index (κ1) is 11.2. The lowest BCUT2D eigenvalue weighted by molar-refractivity contribution is 0.135. The third-order valence-corrected chi connectivity index (χ3v) is 3.03. The SMILES string of the molecule is COc1nc2c(cc1N)CN(C(C)(C)C)C2. The summed E-state index contributed by atoms with van der Waals surface area (Å²) >= 11 is 0. The van der Waals surface area contributed by atoms with E-state index in [4.69, 9.17) is 10.5 Å². The Morgan fingerprint density at radius 2 is 2.06 bits per heavy atom. The highest BCUT2D eigenvalue weighted by Crippen LogP contribution is 2.31. The Bertz CT molecular complexity index is 409. The molecule has 0 radical (unpaired) electrons. The van der Waals surface area contributed by atoms with Crippen molar-refractivity contribution in [3.05, 3.63) is 17.3 Å². The molecule has 1 aliphatic rings. The van der Waals surface area contributed by atoms with Gasteiger partial charge in [-0.15, -0.1) is 0 Å². The van der Waals surface area contributed by atoms with E-state index in [-0.39, 0.29) is 5.54 Å². The average Bonchev–Trinajstić information content (AvgIpc) is 2.58. The van der Waals surface area contributed by atoms with Gasteiger partial charge in [0.05, 0.1) is 18.5 Å². The molecule has 0 fully saturated rings. The van der Waals surface area contributed by atoms with E-state index in [2.05, 4.69) is 30.7 Å². The number of rotatable bonds is 1. The van der Waals surface area contributed by atoms with E-state index < -0.39 is 0 Å². The zero-order valence-corrected chi connectivity index (χ0v) is 10.4. The molecule has 0 aliphatic carbocycles. The van der Waals surface area contributed by atoms with E-state index in [0.29, 0.717) is 11.6 Å². The first-order valence-corrected chi connectivity index (χ1v) is 5.49. The Morgan fingerprint density at radius 3 is 2.62 bits per heavy atom. The van der Waals surface area contributed by atoms with Gasteiger partial charge in [-0.05, 0) is 32.4 Å². The van der Waals surface area contributed by atoms with Gasteiger partial charge >= 0.3 is 0 Å². The van der Waals surface area contributed by atoms with Crippen LogP contribution in [0.25, 0.3) is 0 Å². The van der Waals surface area contributed by atoms with E-state index in [9.17, 15) is 0 Å². The van der Waals surface area contributed by atoms with E-state index in [0.717, 1.165) is 18.8 Å². The number of methoxy groups -OCH3 is 1. The first-order chi connectivity index (χ1) is 7.41. The Balaban J connectivity index is 2.31. The summed E-state index contributed by atoms with van der Waals surface area (Å²) < 4.78 is 5.14. The molecule has 1 aromatic rings. The lowest BCUT2D eigenvalue weighted by atomic mass is 10.1. The minimum Gasteiger partial charge on any atom is -0.480 e. The van der Waals surface area contributed by atoms with Crippen LogP contribution in [0.5, 0.6) is 5.88 Å². The van der Waals surface area contributed by atoms with Crippen LogP contribution < -0.4 is 10.5 Å². The van der Waals surface area contributed by atoms with Crippen molar-refractivity contribution < 1.29 is 4.74 Å². The topological polar surface area (TPSA) is 51.4 Å². The van der Waals surface area contributed by atoms with Crippen LogP contribution >= 0.6 is 0 Å². The van der Waals surface area contributed by atoms with Gasteiger partial charge in [0.25, 0.3) is 0 Å². The largest absolute Gasteiger partial charge is 0.480 e. The molecule has 0 saturated carbocycles. The third-order valence-electron chi connectivity index (χ3n) is 3.03. The van der Waals surface area contributed by atoms with Crippen LogP contribution in [0, 0.1) is 0 Å². The van der Waals surface area contributed by atoms with Gasteiger partial charge in [0.15, 0.2) is 0 Å². The summed E-state index contributed by atoms with van der Waals surface area (Å²) in [6.07, 6.45) is 0. The number of fused-ring (bicyclic) bond motifs is 1. The molecule has 4 nitrogen and oxygen atoms in total. The molecule has 0 atom stereocenters. The van der Waals surface area contributed by atoms with E-state index >= 15 is 0 Å². The van der Waals surface area contributed by atoms with Crippen molar-refractivity contribution in [1.82, 2.24) is 9.88 Å². The number of anilines is 1. The molecule has 0 aromatic carbocycles. The van der Waals surface area contributed by atoms with Crippen molar-refractivity contribution in [2.45, 2.75) is 39.4 Å². The van der Waals surface area contributed by atoms with Crippen LogP contribution in [0.3, 0.4) is 0 Å².